The fourth-order valence-electron chi connectivity index (χ4n) is 4.27. The van der Waals surface area contributed by atoms with Gasteiger partial charge < -0.3 is 4.90 Å². The Kier molecular flexibility index (Phi) is 6.16. The molecule has 0 unspecified atom stereocenters. The number of carbonyl (C=O) groups is 1. The molecule has 0 bridgehead atoms. The van der Waals surface area contributed by atoms with E-state index in [1.807, 2.05) is 91.0 Å². The maximum Gasteiger partial charge on any atom is 0.193 e. The van der Waals surface area contributed by atoms with E-state index in [0.717, 1.165) is 22.3 Å². The maximum absolute atomic E-state index is 13.7. The molecule has 0 aromatic heterocycles. The largest absolute Gasteiger partial charge is 0.353 e. The van der Waals surface area contributed by atoms with E-state index in [1.54, 1.807) is 4.90 Å². The summed E-state index contributed by atoms with van der Waals surface area (Å²) in [6.07, 6.45) is 1.57. The number of likely N-dealkylation sites (tertiary alicyclic amines) is 1. The van der Waals surface area contributed by atoms with Crippen LogP contribution in [-0.2, 0) is 4.79 Å². The number of hydrogen-bond acceptors (Lipinski definition) is 3. The van der Waals surface area contributed by atoms with Gasteiger partial charge in [0.25, 0.3) is 0 Å². The second-order valence-corrected chi connectivity index (χ2v) is 10.9. The summed E-state index contributed by atoms with van der Waals surface area (Å²) >= 11 is 0. The van der Waals surface area contributed by atoms with Crippen LogP contribution in [0.15, 0.2) is 91.0 Å². The van der Waals surface area contributed by atoms with Crippen molar-refractivity contribution in [1.29, 1.82) is 10.7 Å². The van der Waals surface area contributed by atoms with Gasteiger partial charge in [0.1, 0.15) is 11.4 Å². The van der Waals surface area contributed by atoms with E-state index < -0.39 is 6.89 Å². The van der Waals surface area contributed by atoms with Crippen LogP contribution in [-0.4, -0.2) is 34.9 Å². The molecule has 0 spiro atoms. The molecule has 0 aliphatic carbocycles. The SMILES string of the molecule is N#CC(C(=O)CN1CCCC1=N)=P(c1ccccc1)(c1ccccc1)c1ccccc1. The summed E-state index contributed by atoms with van der Waals surface area (Å²) in [5.74, 6) is 0.285. The topological polar surface area (TPSA) is 68.0 Å². The molecular weight excluding hydrogens is 401 g/mol. The molecule has 3 aromatic carbocycles. The van der Waals surface area contributed by atoms with Gasteiger partial charge in [-0.05, 0) is 29.2 Å². The summed E-state index contributed by atoms with van der Waals surface area (Å²) in [5.41, 5.74) is 0. The number of benzene rings is 3. The lowest BCUT2D eigenvalue weighted by Gasteiger charge is -2.30. The van der Waals surface area contributed by atoms with E-state index in [2.05, 4.69) is 6.07 Å². The van der Waals surface area contributed by atoms with E-state index in [1.165, 1.54) is 0 Å². The normalized spacial score (nSPS) is 13.6. The number of rotatable bonds is 6. The van der Waals surface area contributed by atoms with E-state index in [0.29, 0.717) is 18.8 Å². The van der Waals surface area contributed by atoms with Crippen LogP contribution in [0.3, 0.4) is 0 Å². The Morgan fingerprint density at radius 1 is 0.871 bits per heavy atom. The predicted molar refractivity (Wildman–Crippen MR) is 129 cm³/mol. The Balaban J connectivity index is 2.06. The molecule has 1 aliphatic rings. The molecule has 31 heavy (non-hydrogen) atoms. The van der Waals surface area contributed by atoms with Crippen molar-refractivity contribution in [3.63, 3.8) is 0 Å². The van der Waals surface area contributed by atoms with Gasteiger partial charge in [0.05, 0.1) is 12.4 Å². The summed E-state index contributed by atoms with van der Waals surface area (Å²) in [6.45, 7) is -1.92. The summed E-state index contributed by atoms with van der Waals surface area (Å²) in [4.78, 5) is 15.5. The van der Waals surface area contributed by atoms with E-state index in [4.69, 9.17) is 5.41 Å². The van der Waals surface area contributed by atoms with Crippen molar-refractivity contribution < 1.29 is 4.79 Å². The van der Waals surface area contributed by atoms with Crippen LogP contribution in [0.1, 0.15) is 12.8 Å². The standard InChI is InChI=1S/C26H24N3OP/c27-19-25(24(30)20-29-18-10-17-26(29)28)31(21-11-4-1-5-12-21,22-13-6-2-7-14-22)23-15-8-3-9-16-23/h1-9,11-16,28H,10,17-18,20H2. The zero-order chi connectivity index (χ0) is 21.7. The smallest absolute Gasteiger partial charge is 0.193 e. The van der Waals surface area contributed by atoms with Crippen LogP contribution < -0.4 is 15.9 Å². The lowest BCUT2D eigenvalue weighted by Crippen LogP contribution is -2.38. The third-order valence-corrected chi connectivity index (χ3v) is 9.93. The molecule has 4 rings (SSSR count). The molecule has 1 N–H and O–H groups in total. The van der Waals surface area contributed by atoms with Crippen molar-refractivity contribution in [2.24, 2.45) is 0 Å². The van der Waals surface area contributed by atoms with Crippen molar-refractivity contribution in [3.05, 3.63) is 91.0 Å². The third-order valence-electron chi connectivity index (χ3n) is 5.69. The first-order valence-electron chi connectivity index (χ1n) is 10.4. The monoisotopic (exact) mass is 425 g/mol. The Hall–Kier alpha value is -3.41. The highest BCUT2D eigenvalue weighted by atomic mass is 31.2. The molecule has 0 atom stereocenters. The molecule has 1 heterocycles. The molecule has 5 heteroatoms. The van der Waals surface area contributed by atoms with Gasteiger partial charge in [-0.3, -0.25) is 10.2 Å². The molecule has 0 amide bonds. The van der Waals surface area contributed by atoms with Crippen molar-refractivity contribution in [2.75, 3.05) is 13.1 Å². The molecule has 1 aliphatic heterocycles. The fourth-order valence-corrected chi connectivity index (χ4v) is 8.39. The van der Waals surface area contributed by atoms with Gasteiger partial charge in [0.15, 0.2) is 5.78 Å². The molecule has 0 radical (unpaired) electrons. The van der Waals surface area contributed by atoms with Crippen LogP contribution in [0.25, 0.3) is 0 Å². The summed E-state index contributed by atoms with van der Waals surface area (Å²) < 4.78 is 0. The predicted octanol–water partition coefficient (Wildman–Crippen LogP) is 3.32. The molecule has 1 fully saturated rings. The first-order valence-corrected chi connectivity index (χ1v) is 12.2. The summed E-state index contributed by atoms with van der Waals surface area (Å²) in [7, 11) is 0. The lowest BCUT2D eigenvalue weighted by molar-refractivity contribution is -0.113. The van der Waals surface area contributed by atoms with Gasteiger partial charge in [-0.15, -0.1) is 0 Å². The molecule has 1 saturated heterocycles. The number of hydrogen-bond donors (Lipinski definition) is 1. The lowest BCUT2D eigenvalue weighted by atomic mass is 10.3. The van der Waals surface area contributed by atoms with Gasteiger partial charge in [-0.2, -0.15) is 5.26 Å². The Morgan fingerprint density at radius 2 is 1.32 bits per heavy atom. The number of carbonyl (C=O) groups excluding carboxylic acids is 1. The van der Waals surface area contributed by atoms with E-state index in [-0.39, 0.29) is 17.6 Å². The summed E-state index contributed by atoms with van der Waals surface area (Å²) in [6, 6.07) is 32.1. The molecular formula is C26H24N3OP. The average molecular weight is 425 g/mol. The number of nitrogens with zero attached hydrogens (tertiary/aromatic N) is 2. The van der Waals surface area contributed by atoms with Crippen molar-refractivity contribution in [3.8, 4) is 6.07 Å². The van der Waals surface area contributed by atoms with Crippen LogP contribution in [0.5, 0.6) is 0 Å². The Morgan fingerprint density at radius 3 is 1.68 bits per heavy atom. The minimum absolute atomic E-state index is 0.0793. The summed E-state index contributed by atoms with van der Waals surface area (Å²) in [5, 5.41) is 21.8. The second-order valence-electron chi connectivity index (χ2n) is 7.53. The third kappa shape index (κ3) is 3.85. The zero-order valence-corrected chi connectivity index (χ0v) is 18.1. The number of nitriles is 1. The van der Waals surface area contributed by atoms with Gasteiger partial charge >= 0.3 is 0 Å². The number of nitrogens with one attached hydrogen (secondary N) is 1. The van der Waals surface area contributed by atoms with E-state index >= 15 is 0 Å². The van der Waals surface area contributed by atoms with Crippen molar-refractivity contribution >= 4 is 39.7 Å². The van der Waals surface area contributed by atoms with Crippen molar-refractivity contribution in [1.82, 2.24) is 4.90 Å². The first-order chi connectivity index (χ1) is 15.2. The van der Waals surface area contributed by atoms with Gasteiger partial charge in [0.2, 0.25) is 0 Å². The molecule has 3 aromatic rings. The van der Waals surface area contributed by atoms with Gasteiger partial charge in [0, 0.05) is 13.0 Å². The van der Waals surface area contributed by atoms with Crippen LogP contribution in [0, 0.1) is 16.7 Å². The van der Waals surface area contributed by atoms with Crippen LogP contribution >= 0.6 is 6.89 Å². The first kappa shape index (κ1) is 20.8. The molecule has 4 nitrogen and oxygen atoms in total. The maximum atomic E-state index is 13.7. The highest BCUT2D eigenvalue weighted by Crippen LogP contribution is 2.46. The Bertz CT molecular complexity index is 1080. The number of Topliss-reactive ketones (excluding diaryl/α,β-unsaturated/α-hetero) is 1. The molecule has 0 saturated carbocycles. The van der Waals surface area contributed by atoms with Gasteiger partial charge in [-0.1, -0.05) is 91.0 Å². The van der Waals surface area contributed by atoms with Gasteiger partial charge in [-0.25, -0.2) is 0 Å². The highest BCUT2D eigenvalue weighted by Gasteiger charge is 2.34. The number of amidine groups is 1. The second kappa shape index (κ2) is 9.16. The molecule has 154 valence electrons. The fraction of sp³-hybridized carbons (Fsp3) is 0.154. The minimum Gasteiger partial charge on any atom is -0.353 e. The minimum atomic E-state index is -2.69. The average Bonchev–Trinajstić information content (AvgIpc) is 3.23. The number of ketones is 1. The van der Waals surface area contributed by atoms with Crippen molar-refractivity contribution in [2.45, 2.75) is 12.8 Å². The highest BCUT2D eigenvalue weighted by molar-refractivity contribution is 7.96. The quantitative estimate of drug-likeness (QED) is 0.616. The zero-order valence-electron chi connectivity index (χ0n) is 17.2. The van der Waals surface area contributed by atoms with E-state index in [9.17, 15) is 10.1 Å². The van der Waals surface area contributed by atoms with Crippen LogP contribution in [0.4, 0.5) is 0 Å². The van der Waals surface area contributed by atoms with Crippen LogP contribution in [0.2, 0.25) is 0 Å². The Labute approximate surface area is 183 Å².